The number of hydrogen-bond acceptors (Lipinski definition) is 4. The van der Waals surface area contributed by atoms with Crippen molar-refractivity contribution in [1.82, 2.24) is 5.32 Å². The monoisotopic (exact) mass is 297 g/mol. The quantitative estimate of drug-likeness (QED) is 0.786. The molecule has 1 aromatic rings. The average molecular weight is 297 g/mol. The van der Waals surface area contributed by atoms with Crippen LogP contribution in [0.4, 0.5) is 4.39 Å². The van der Waals surface area contributed by atoms with Crippen molar-refractivity contribution in [1.29, 1.82) is 0 Å². The van der Waals surface area contributed by atoms with E-state index >= 15 is 0 Å². The molecule has 0 bridgehead atoms. The molecule has 0 radical (unpaired) electrons. The van der Waals surface area contributed by atoms with E-state index in [9.17, 15) is 9.18 Å². The number of ether oxygens (including phenoxy) is 2. The molecule has 4 nitrogen and oxygen atoms in total. The Balaban J connectivity index is 2.91. The number of esters is 1. The smallest absolute Gasteiger partial charge is 0.323 e. The Labute approximate surface area is 125 Å². The van der Waals surface area contributed by atoms with Crippen LogP contribution in [0.25, 0.3) is 0 Å². The van der Waals surface area contributed by atoms with E-state index in [0.717, 1.165) is 6.42 Å². The van der Waals surface area contributed by atoms with Crippen molar-refractivity contribution in [3.63, 3.8) is 0 Å². The minimum atomic E-state index is -0.462. The van der Waals surface area contributed by atoms with Crippen molar-refractivity contribution in [3.8, 4) is 5.75 Å². The van der Waals surface area contributed by atoms with Crippen LogP contribution in [0.1, 0.15) is 38.8 Å². The number of rotatable bonds is 7. The fourth-order valence-electron chi connectivity index (χ4n) is 2.17. The first-order valence-electron chi connectivity index (χ1n) is 7.11. The highest BCUT2D eigenvalue weighted by Crippen LogP contribution is 2.23. The SMILES string of the molecule is CCC(C)C(NC(C)c1ccc(OC)cc1F)C(=O)OC. The number of nitrogens with one attached hydrogen (secondary N) is 1. The maximum absolute atomic E-state index is 14.1. The first-order valence-corrected chi connectivity index (χ1v) is 7.11. The zero-order valence-corrected chi connectivity index (χ0v) is 13.3. The van der Waals surface area contributed by atoms with Gasteiger partial charge in [-0.3, -0.25) is 10.1 Å². The molecular weight excluding hydrogens is 273 g/mol. The molecule has 1 rings (SSSR count). The minimum absolute atomic E-state index is 0.0983. The van der Waals surface area contributed by atoms with Crippen molar-refractivity contribution >= 4 is 5.97 Å². The van der Waals surface area contributed by atoms with Crippen molar-refractivity contribution in [2.75, 3.05) is 14.2 Å². The summed E-state index contributed by atoms with van der Waals surface area (Å²) in [7, 11) is 2.85. The number of halogens is 1. The van der Waals surface area contributed by atoms with Gasteiger partial charge in [0.1, 0.15) is 17.6 Å². The molecule has 0 aromatic heterocycles. The van der Waals surface area contributed by atoms with Gasteiger partial charge in [-0.1, -0.05) is 26.3 Å². The van der Waals surface area contributed by atoms with Gasteiger partial charge in [0, 0.05) is 17.7 Å². The Morgan fingerprint density at radius 3 is 2.48 bits per heavy atom. The van der Waals surface area contributed by atoms with E-state index in [1.807, 2.05) is 20.8 Å². The maximum atomic E-state index is 14.1. The third-order valence-corrected chi connectivity index (χ3v) is 3.77. The Hall–Kier alpha value is -1.62. The summed E-state index contributed by atoms with van der Waals surface area (Å²) in [6.45, 7) is 5.79. The highest BCUT2D eigenvalue weighted by molar-refractivity contribution is 5.76. The lowest BCUT2D eigenvalue weighted by molar-refractivity contribution is -0.144. The molecule has 0 aliphatic rings. The van der Waals surface area contributed by atoms with Crippen LogP contribution in [-0.2, 0) is 9.53 Å². The fourth-order valence-corrected chi connectivity index (χ4v) is 2.17. The topological polar surface area (TPSA) is 47.6 Å². The van der Waals surface area contributed by atoms with E-state index in [4.69, 9.17) is 9.47 Å². The molecule has 0 heterocycles. The number of carbonyl (C=O) groups is 1. The first-order chi connectivity index (χ1) is 9.94. The van der Waals surface area contributed by atoms with Gasteiger partial charge in [-0.25, -0.2) is 4.39 Å². The van der Waals surface area contributed by atoms with E-state index in [2.05, 4.69) is 5.32 Å². The summed E-state index contributed by atoms with van der Waals surface area (Å²) in [5.74, 6) is -0.122. The zero-order chi connectivity index (χ0) is 16.0. The summed E-state index contributed by atoms with van der Waals surface area (Å²) in [4.78, 5) is 11.9. The second-order valence-corrected chi connectivity index (χ2v) is 5.16. The third kappa shape index (κ3) is 4.43. The van der Waals surface area contributed by atoms with E-state index < -0.39 is 6.04 Å². The van der Waals surface area contributed by atoms with Crippen molar-refractivity contribution < 1.29 is 18.7 Å². The van der Waals surface area contributed by atoms with Crippen LogP contribution in [0.2, 0.25) is 0 Å². The lowest BCUT2D eigenvalue weighted by atomic mass is 9.97. The fraction of sp³-hybridized carbons (Fsp3) is 0.562. The molecule has 0 saturated heterocycles. The number of benzene rings is 1. The summed E-state index contributed by atoms with van der Waals surface area (Å²) in [5.41, 5.74) is 0.494. The average Bonchev–Trinajstić information content (AvgIpc) is 2.50. The molecule has 3 unspecified atom stereocenters. The van der Waals surface area contributed by atoms with Crippen molar-refractivity contribution in [3.05, 3.63) is 29.6 Å². The number of hydrogen-bond donors (Lipinski definition) is 1. The summed E-state index contributed by atoms with van der Waals surface area (Å²) in [6.07, 6.45) is 0.824. The second kappa shape index (κ2) is 7.98. The van der Waals surface area contributed by atoms with Gasteiger partial charge in [0.2, 0.25) is 0 Å². The molecule has 5 heteroatoms. The van der Waals surface area contributed by atoms with Crippen molar-refractivity contribution in [2.45, 2.75) is 39.3 Å². The van der Waals surface area contributed by atoms with Gasteiger partial charge in [0.05, 0.1) is 14.2 Å². The van der Waals surface area contributed by atoms with Crippen molar-refractivity contribution in [2.24, 2.45) is 5.92 Å². The predicted molar refractivity (Wildman–Crippen MR) is 79.8 cm³/mol. The molecule has 0 aliphatic carbocycles. The summed E-state index contributed by atoms with van der Waals surface area (Å²) in [5, 5.41) is 3.16. The summed E-state index contributed by atoms with van der Waals surface area (Å²) in [6, 6.07) is 3.93. The van der Waals surface area contributed by atoms with Gasteiger partial charge < -0.3 is 9.47 Å². The van der Waals surface area contributed by atoms with Crippen LogP contribution in [0.3, 0.4) is 0 Å². The highest BCUT2D eigenvalue weighted by atomic mass is 19.1. The minimum Gasteiger partial charge on any atom is -0.497 e. The first kappa shape index (κ1) is 17.4. The van der Waals surface area contributed by atoms with Gasteiger partial charge >= 0.3 is 5.97 Å². The van der Waals surface area contributed by atoms with E-state index in [-0.39, 0.29) is 23.7 Å². The number of methoxy groups -OCH3 is 2. The molecule has 21 heavy (non-hydrogen) atoms. The lowest BCUT2D eigenvalue weighted by Crippen LogP contribution is -2.43. The van der Waals surface area contributed by atoms with Gasteiger partial charge in [-0.2, -0.15) is 0 Å². The molecule has 0 aliphatic heterocycles. The van der Waals surface area contributed by atoms with E-state index in [1.165, 1.54) is 20.3 Å². The third-order valence-electron chi connectivity index (χ3n) is 3.77. The maximum Gasteiger partial charge on any atom is 0.323 e. The molecule has 0 amide bonds. The highest BCUT2D eigenvalue weighted by Gasteiger charge is 2.27. The Kier molecular flexibility index (Phi) is 6.62. The normalized spacial score (nSPS) is 15.1. The van der Waals surface area contributed by atoms with Crippen LogP contribution in [0, 0.1) is 11.7 Å². The van der Waals surface area contributed by atoms with Gasteiger partial charge in [-0.15, -0.1) is 0 Å². The summed E-state index contributed by atoms with van der Waals surface area (Å²) >= 11 is 0. The molecule has 118 valence electrons. The van der Waals surface area contributed by atoms with Crippen LogP contribution >= 0.6 is 0 Å². The van der Waals surface area contributed by atoms with Gasteiger partial charge in [-0.05, 0) is 18.9 Å². The number of carbonyl (C=O) groups excluding carboxylic acids is 1. The van der Waals surface area contributed by atoms with Crippen LogP contribution < -0.4 is 10.1 Å². The van der Waals surface area contributed by atoms with Crippen LogP contribution in [-0.4, -0.2) is 26.2 Å². The standard InChI is InChI=1S/C16H24FNO3/c1-6-10(2)15(16(19)21-5)18-11(3)13-8-7-12(20-4)9-14(13)17/h7-11,15,18H,6H2,1-5H3. The van der Waals surface area contributed by atoms with Gasteiger partial charge in [0.15, 0.2) is 0 Å². The molecule has 1 N–H and O–H groups in total. The molecule has 0 fully saturated rings. The zero-order valence-electron chi connectivity index (χ0n) is 13.3. The molecule has 3 atom stereocenters. The second-order valence-electron chi connectivity index (χ2n) is 5.16. The predicted octanol–water partition coefficient (Wildman–Crippen LogP) is 3.07. The van der Waals surface area contributed by atoms with Crippen LogP contribution in [0.15, 0.2) is 18.2 Å². The van der Waals surface area contributed by atoms with Gasteiger partial charge in [0.25, 0.3) is 0 Å². The molecule has 0 spiro atoms. The molecule has 1 aromatic carbocycles. The Morgan fingerprint density at radius 1 is 1.33 bits per heavy atom. The lowest BCUT2D eigenvalue weighted by Gasteiger charge is -2.26. The molecular formula is C16H24FNO3. The summed E-state index contributed by atoms with van der Waals surface area (Å²) < 4.78 is 23.9. The Bertz CT molecular complexity index is 479. The molecule has 0 saturated carbocycles. The van der Waals surface area contributed by atoms with E-state index in [1.54, 1.807) is 12.1 Å². The largest absolute Gasteiger partial charge is 0.497 e. The van der Waals surface area contributed by atoms with E-state index in [0.29, 0.717) is 11.3 Å². The van der Waals surface area contributed by atoms with Crippen LogP contribution in [0.5, 0.6) is 5.75 Å². The Morgan fingerprint density at radius 2 is 2.00 bits per heavy atom.